The Bertz CT molecular complexity index is 846. The molecule has 0 fully saturated rings. The fourth-order valence-electron chi connectivity index (χ4n) is 4.76. The van der Waals surface area contributed by atoms with Gasteiger partial charge < -0.3 is 24.6 Å². The number of hydrogen-bond donors (Lipinski definition) is 2. The minimum Gasteiger partial charge on any atom is -0.501 e. The number of allylic oxidation sites excluding steroid dienone is 4. The molecule has 0 aromatic rings. The third-order valence-corrected chi connectivity index (χ3v) is 6.89. The van der Waals surface area contributed by atoms with Crippen LogP contribution in [0, 0.1) is 23.7 Å². The second-order valence-electron chi connectivity index (χ2n) is 8.94. The summed E-state index contributed by atoms with van der Waals surface area (Å²) in [5.74, 6) is -1.33. The molecule has 7 nitrogen and oxygen atoms in total. The number of aliphatic carboxylic acids is 1. The normalized spacial score (nSPS) is 24.5. The van der Waals surface area contributed by atoms with Crippen LogP contribution in [0.4, 0.5) is 0 Å². The van der Waals surface area contributed by atoms with Gasteiger partial charge in [-0.1, -0.05) is 37.9 Å². The predicted octanol–water partition coefficient (Wildman–Crippen LogP) is 4.09. The highest BCUT2D eigenvalue weighted by atomic mass is 35.5. The maximum atomic E-state index is 13.3. The Hall–Kier alpha value is -2.25. The first-order valence-corrected chi connectivity index (χ1v) is 11.7. The number of nitrogens with zero attached hydrogens (tertiary/aromatic N) is 1. The van der Waals surface area contributed by atoms with E-state index in [2.05, 4.69) is 13.8 Å². The minimum atomic E-state index is -1.02. The van der Waals surface area contributed by atoms with Crippen LogP contribution in [0.25, 0.3) is 0 Å². The maximum Gasteiger partial charge on any atom is 0.331 e. The Morgan fingerprint density at radius 1 is 1.27 bits per heavy atom. The summed E-state index contributed by atoms with van der Waals surface area (Å²) in [6, 6.07) is 0. The number of amides is 1. The molecule has 2 N–H and O–H groups in total. The molecule has 0 spiro atoms. The predicted molar refractivity (Wildman–Crippen MR) is 127 cm³/mol. The minimum absolute atomic E-state index is 0.0805. The molecule has 8 heteroatoms. The highest BCUT2D eigenvalue weighted by molar-refractivity contribution is 6.30. The number of ether oxygens (including phenoxy) is 2. The number of aliphatic hydroxyl groups excluding tert-OH is 1. The van der Waals surface area contributed by atoms with Crippen molar-refractivity contribution < 1.29 is 29.3 Å². The van der Waals surface area contributed by atoms with Gasteiger partial charge >= 0.3 is 5.97 Å². The summed E-state index contributed by atoms with van der Waals surface area (Å²) in [5.41, 5.74) is 0.216. The topological polar surface area (TPSA) is 96.3 Å². The van der Waals surface area contributed by atoms with Crippen molar-refractivity contribution in [3.63, 3.8) is 0 Å². The van der Waals surface area contributed by atoms with Crippen LogP contribution in [0.2, 0.25) is 0 Å². The lowest BCUT2D eigenvalue weighted by Gasteiger charge is -2.39. The highest BCUT2D eigenvalue weighted by Gasteiger charge is 2.42. The Labute approximate surface area is 201 Å². The third kappa shape index (κ3) is 6.87. The van der Waals surface area contributed by atoms with Crippen LogP contribution in [0.5, 0.6) is 0 Å². The SMILES string of the molecule is CCC[C@H](C)CN(C)C(=O)CC(C1CC(C(=O)O)=CC=C1Cl)C1C(OC)=CC(OC)=CC1O. The molecule has 0 aliphatic heterocycles. The summed E-state index contributed by atoms with van der Waals surface area (Å²) in [6.07, 6.45) is 7.68. The zero-order valence-corrected chi connectivity index (χ0v) is 20.8. The molecule has 0 bridgehead atoms. The molecule has 0 saturated heterocycles. The van der Waals surface area contributed by atoms with Crippen molar-refractivity contribution in [3.05, 3.63) is 46.4 Å². The summed E-state index contributed by atoms with van der Waals surface area (Å²) < 4.78 is 10.9. The molecule has 184 valence electrons. The number of rotatable bonds is 11. The Balaban J connectivity index is 2.39. The quantitative estimate of drug-likeness (QED) is 0.461. The molecule has 1 amide bonds. The van der Waals surface area contributed by atoms with Crippen molar-refractivity contribution in [2.75, 3.05) is 27.8 Å². The largest absolute Gasteiger partial charge is 0.501 e. The Morgan fingerprint density at radius 3 is 2.55 bits per heavy atom. The molecule has 2 aliphatic carbocycles. The molecule has 2 aliphatic rings. The van der Waals surface area contributed by atoms with Gasteiger partial charge in [0.15, 0.2) is 0 Å². The average Bonchev–Trinajstić information content (AvgIpc) is 2.77. The summed E-state index contributed by atoms with van der Waals surface area (Å²) >= 11 is 6.57. The first-order chi connectivity index (χ1) is 15.6. The molecular weight excluding hydrogens is 446 g/mol. The van der Waals surface area contributed by atoms with E-state index in [1.165, 1.54) is 20.3 Å². The first kappa shape index (κ1) is 27.0. The van der Waals surface area contributed by atoms with Crippen molar-refractivity contribution in [1.29, 1.82) is 0 Å². The number of halogens is 1. The number of carbonyl (C=O) groups is 2. The molecule has 5 atom stereocenters. The van der Waals surface area contributed by atoms with Crippen molar-refractivity contribution in [2.45, 2.75) is 45.6 Å². The van der Waals surface area contributed by atoms with Gasteiger partial charge in [-0.15, -0.1) is 0 Å². The van der Waals surface area contributed by atoms with E-state index in [4.69, 9.17) is 21.1 Å². The fraction of sp³-hybridized carbons (Fsp3) is 0.600. The van der Waals surface area contributed by atoms with E-state index >= 15 is 0 Å². The Kier molecular flexibility index (Phi) is 10.0. The van der Waals surface area contributed by atoms with Crippen LogP contribution in [0.1, 0.15) is 39.5 Å². The van der Waals surface area contributed by atoms with Crippen molar-refractivity contribution in [2.24, 2.45) is 23.7 Å². The van der Waals surface area contributed by atoms with Crippen LogP contribution < -0.4 is 0 Å². The van der Waals surface area contributed by atoms with Gasteiger partial charge in [0.25, 0.3) is 0 Å². The molecule has 0 radical (unpaired) electrons. The van der Waals surface area contributed by atoms with Gasteiger partial charge in [-0.3, -0.25) is 4.79 Å². The van der Waals surface area contributed by atoms with Crippen LogP contribution in [-0.2, 0) is 19.1 Å². The second-order valence-corrected chi connectivity index (χ2v) is 9.37. The first-order valence-electron chi connectivity index (χ1n) is 11.4. The lowest BCUT2D eigenvalue weighted by molar-refractivity contribution is -0.133. The van der Waals surface area contributed by atoms with E-state index in [0.717, 1.165) is 12.8 Å². The summed E-state index contributed by atoms with van der Waals surface area (Å²) in [7, 11) is 4.78. The fourth-order valence-corrected chi connectivity index (χ4v) is 5.06. The zero-order valence-electron chi connectivity index (χ0n) is 20.1. The van der Waals surface area contributed by atoms with Gasteiger partial charge in [0.05, 0.1) is 26.2 Å². The monoisotopic (exact) mass is 481 g/mol. The van der Waals surface area contributed by atoms with Gasteiger partial charge in [-0.25, -0.2) is 4.79 Å². The third-order valence-electron chi connectivity index (χ3n) is 6.48. The van der Waals surface area contributed by atoms with Crippen LogP contribution in [-0.4, -0.2) is 60.9 Å². The molecule has 4 unspecified atom stereocenters. The van der Waals surface area contributed by atoms with Crippen molar-refractivity contribution in [3.8, 4) is 0 Å². The van der Waals surface area contributed by atoms with E-state index in [-0.39, 0.29) is 24.3 Å². The van der Waals surface area contributed by atoms with E-state index in [1.807, 2.05) is 0 Å². The van der Waals surface area contributed by atoms with E-state index in [9.17, 15) is 19.8 Å². The maximum absolute atomic E-state index is 13.3. The van der Waals surface area contributed by atoms with Gasteiger partial charge in [0.2, 0.25) is 5.91 Å². The van der Waals surface area contributed by atoms with E-state index in [0.29, 0.717) is 29.0 Å². The molecule has 2 rings (SSSR count). The summed E-state index contributed by atoms with van der Waals surface area (Å²) in [4.78, 5) is 26.6. The number of carboxylic acids is 1. The summed E-state index contributed by atoms with van der Waals surface area (Å²) in [5, 5.41) is 21.0. The zero-order chi connectivity index (χ0) is 24.7. The smallest absolute Gasteiger partial charge is 0.331 e. The Morgan fingerprint density at radius 2 is 1.97 bits per heavy atom. The number of methoxy groups -OCH3 is 2. The summed E-state index contributed by atoms with van der Waals surface area (Å²) in [6.45, 7) is 4.86. The van der Waals surface area contributed by atoms with Gasteiger partial charge in [0, 0.05) is 42.6 Å². The van der Waals surface area contributed by atoms with Crippen LogP contribution >= 0.6 is 11.6 Å². The molecule has 0 saturated carbocycles. The average molecular weight is 482 g/mol. The highest BCUT2D eigenvalue weighted by Crippen LogP contribution is 2.44. The van der Waals surface area contributed by atoms with Gasteiger partial charge in [-0.2, -0.15) is 0 Å². The van der Waals surface area contributed by atoms with Gasteiger partial charge in [-0.05, 0) is 36.8 Å². The lowest BCUT2D eigenvalue weighted by Crippen LogP contribution is -2.41. The van der Waals surface area contributed by atoms with Crippen LogP contribution in [0.15, 0.2) is 46.4 Å². The molecule has 33 heavy (non-hydrogen) atoms. The number of carbonyl (C=O) groups excluding carboxylic acids is 1. The lowest BCUT2D eigenvalue weighted by atomic mass is 9.70. The van der Waals surface area contributed by atoms with E-state index < -0.39 is 29.8 Å². The molecule has 0 aromatic heterocycles. The van der Waals surface area contributed by atoms with Crippen molar-refractivity contribution >= 4 is 23.5 Å². The molecule has 0 aromatic carbocycles. The van der Waals surface area contributed by atoms with Gasteiger partial charge in [0.1, 0.15) is 11.5 Å². The number of aliphatic hydroxyl groups is 1. The standard InChI is InChI=1S/C25H36ClNO6/c1-6-7-15(2)14-27(3)23(29)13-19(18-10-16(25(30)31)8-9-20(18)26)24-21(28)11-17(32-4)12-22(24)33-5/h8-9,11-12,15,18-19,21,24,28H,6-7,10,13-14H2,1-5H3,(H,30,31)/t15-,18?,19?,21?,24?/m0/s1. The molecule has 0 heterocycles. The second kappa shape index (κ2) is 12.3. The van der Waals surface area contributed by atoms with Crippen molar-refractivity contribution in [1.82, 2.24) is 4.90 Å². The van der Waals surface area contributed by atoms with E-state index in [1.54, 1.807) is 30.2 Å². The number of carboxylic acid groups (broad SMARTS) is 1. The number of hydrogen-bond acceptors (Lipinski definition) is 5. The van der Waals surface area contributed by atoms with Crippen LogP contribution in [0.3, 0.4) is 0 Å². The molecular formula is C25H36ClNO6.